The lowest BCUT2D eigenvalue weighted by Crippen LogP contribution is -2.30. The highest BCUT2D eigenvalue weighted by Gasteiger charge is 2.19. The first kappa shape index (κ1) is 56.4. The smallest absolute Gasteiger partial charge is 0.306 e. The average molecular weight is 821 g/mol. The lowest BCUT2D eigenvalue weighted by molar-refractivity contribution is -0.167. The van der Waals surface area contributed by atoms with Gasteiger partial charge in [-0.25, -0.2) is 0 Å². The van der Waals surface area contributed by atoms with Gasteiger partial charge in [0.1, 0.15) is 13.2 Å². The van der Waals surface area contributed by atoms with E-state index >= 15 is 0 Å². The highest BCUT2D eigenvalue weighted by atomic mass is 16.6. The van der Waals surface area contributed by atoms with E-state index in [1.807, 2.05) is 0 Å². The zero-order valence-electron chi connectivity index (χ0n) is 39.7. The van der Waals surface area contributed by atoms with Crippen LogP contribution in [0.4, 0.5) is 0 Å². The first-order valence-electron chi connectivity index (χ1n) is 25.7. The second-order valence-corrected chi connectivity index (χ2v) is 18.8. The first-order chi connectivity index (χ1) is 28.2. The summed E-state index contributed by atoms with van der Waals surface area (Å²) in [4.78, 5) is 37.9. The molecule has 0 heterocycles. The van der Waals surface area contributed by atoms with Crippen molar-refractivity contribution in [3.63, 3.8) is 0 Å². The third-order valence-electron chi connectivity index (χ3n) is 11.7. The Bertz CT molecular complexity index is 885. The Morgan fingerprint density at radius 2 is 0.569 bits per heavy atom. The molecule has 0 saturated carbocycles. The van der Waals surface area contributed by atoms with Crippen molar-refractivity contribution in [2.45, 2.75) is 291 Å². The molecule has 0 bridgehead atoms. The molecule has 0 amide bonds. The summed E-state index contributed by atoms with van der Waals surface area (Å²) in [6.07, 6.45) is 45.3. The molecule has 0 aliphatic heterocycles. The van der Waals surface area contributed by atoms with Gasteiger partial charge in [-0.3, -0.25) is 14.4 Å². The van der Waals surface area contributed by atoms with Crippen LogP contribution in [0.2, 0.25) is 0 Å². The van der Waals surface area contributed by atoms with Crippen molar-refractivity contribution in [2.24, 2.45) is 11.8 Å². The summed E-state index contributed by atoms with van der Waals surface area (Å²) in [7, 11) is 0. The maximum absolute atomic E-state index is 12.7. The Hall–Kier alpha value is -1.59. The van der Waals surface area contributed by atoms with Crippen LogP contribution in [-0.4, -0.2) is 37.2 Å². The summed E-state index contributed by atoms with van der Waals surface area (Å²) in [6.45, 7) is 11.3. The fraction of sp³-hybridized carbons (Fsp3) is 0.942. The average Bonchev–Trinajstić information content (AvgIpc) is 3.19. The largest absolute Gasteiger partial charge is 0.462 e. The highest BCUT2D eigenvalue weighted by Crippen LogP contribution is 2.17. The minimum Gasteiger partial charge on any atom is -0.462 e. The zero-order chi connectivity index (χ0) is 42.6. The molecule has 1 atom stereocenters. The first-order valence-corrected chi connectivity index (χ1v) is 25.7. The van der Waals surface area contributed by atoms with Gasteiger partial charge >= 0.3 is 17.9 Å². The maximum Gasteiger partial charge on any atom is 0.306 e. The topological polar surface area (TPSA) is 78.9 Å². The van der Waals surface area contributed by atoms with E-state index < -0.39 is 6.10 Å². The number of hydrogen-bond acceptors (Lipinski definition) is 6. The fourth-order valence-corrected chi connectivity index (χ4v) is 7.81. The molecule has 0 radical (unpaired) electrons. The number of rotatable bonds is 46. The van der Waals surface area contributed by atoms with E-state index in [1.165, 1.54) is 173 Å². The van der Waals surface area contributed by atoms with E-state index in [4.69, 9.17) is 14.2 Å². The molecule has 0 N–H and O–H groups in total. The Balaban J connectivity index is 4.25. The molecule has 0 aliphatic rings. The minimum atomic E-state index is -0.762. The predicted octanol–water partition coefficient (Wildman–Crippen LogP) is 16.5. The molecule has 0 aromatic heterocycles. The third-order valence-corrected chi connectivity index (χ3v) is 11.7. The van der Waals surface area contributed by atoms with E-state index in [2.05, 4.69) is 34.6 Å². The van der Waals surface area contributed by atoms with Crippen molar-refractivity contribution in [1.29, 1.82) is 0 Å². The SMILES string of the molecule is CCCCCCCCCCCCCCCCCCCCC(=O)OC[C@@H](COC(=O)CCCCCCCCCC(C)C)OC(=O)CCCCCCCCCCCC(C)C. The van der Waals surface area contributed by atoms with Crippen LogP contribution in [0.3, 0.4) is 0 Å². The molecule has 6 heteroatoms. The van der Waals surface area contributed by atoms with Crippen molar-refractivity contribution in [3.8, 4) is 0 Å². The maximum atomic E-state index is 12.7. The van der Waals surface area contributed by atoms with Crippen molar-refractivity contribution < 1.29 is 28.6 Å². The standard InChI is InChI=1S/C52H100O6/c1-6-7-8-9-10-11-12-13-14-15-16-17-18-19-22-27-32-37-42-50(53)56-45-49(46-57-51(54)43-38-33-29-24-26-31-36-41-48(4)5)58-52(55)44-39-34-28-23-20-21-25-30-35-40-47(2)3/h47-49H,6-46H2,1-5H3/t49-/m0/s1. The van der Waals surface area contributed by atoms with Gasteiger partial charge in [0.2, 0.25) is 0 Å². The third kappa shape index (κ3) is 45.5. The lowest BCUT2D eigenvalue weighted by atomic mass is 10.0. The molecule has 0 aliphatic carbocycles. The monoisotopic (exact) mass is 821 g/mol. The number of esters is 3. The molecule has 0 aromatic carbocycles. The van der Waals surface area contributed by atoms with Crippen LogP contribution in [0, 0.1) is 11.8 Å². The van der Waals surface area contributed by atoms with Crippen LogP contribution in [0.1, 0.15) is 285 Å². The fourth-order valence-electron chi connectivity index (χ4n) is 7.81. The van der Waals surface area contributed by atoms with Gasteiger partial charge in [0.25, 0.3) is 0 Å². The van der Waals surface area contributed by atoms with Crippen LogP contribution in [0.25, 0.3) is 0 Å². The number of carbonyl (C=O) groups excluding carboxylic acids is 3. The molecular weight excluding hydrogens is 721 g/mol. The molecule has 0 rings (SSSR count). The Labute approximate surface area is 361 Å². The van der Waals surface area contributed by atoms with E-state index in [9.17, 15) is 14.4 Å². The van der Waals surface area contributed by atoms with E-state index in [0.717, 1.165) is 69.6 Å². The summed E-state index contributed by atoms with van der Waals surface area (Å²) < 4.78 is 16.8. The summed E-state index contributed by atoms with van der Waals surface area (Å²) in [6, 6.07) is 0. The number of unbranched alkanes of at least 4 members (excludes halogenated alkanes) is 31. The second-order valence-electron chi connectivity index (χ2n) is 18.8. The van der Waals surface area contributed by atoms with Gasteiger partial charge in [0.05, 0.1) is 0 Å². The van der Waals surface area contributed by atoms with Gasteiger partial charge in [-0.05, 0) is 31.1 Å². The second kappa shape index (κ2) is 44.9. The summed E-state index contributed by atoms with van der Waals surface area (Å²) in [5, 5.41) is 0. The number of ether oxygens (including phenoxy) is 3. The van der Waals surface area contributed by atoms with Gasteiger partial charge in [-0.2, -0.15) is 0 Å². The summed E-state index contributed by atoms with van der Waals surface area (Å²) in [5.74, 6) is 0.734. The molecule has 0 spiro atoms. The molecule has 58 heavy (non-hydrogen) atoms. The normalized spacial score (nSPS) is 12.1. The molecule has 6 nitrogen and oxygen atoms in total. The summed E-state index contributed by atoms with van der Waals surface area (Å²) >= 11 is 0. The van der Waals surface area contributed by atoms with Crippen LogP contribution in [0.5, 0.6) is 0 Å². The van der Waals surface area contributed by atoms with Gasteiger partial charge in [0, 0.05) is 19.3 Å². The van der Waals surface area contributed by atoms with Gasteiger partial charge < -0.3 is 14.2 Å². The molecule has 0 aromatic rings. The lowest BCUT2D eigenvalue weighted by Gasteiger charge is -2.18. The van der Waals surface area contributed by atoms with Gasteiger partial charge in [-0.15, -0.1) is 0 Å². The van der Waals surface area contributed by atoms with Crippen LogP contribution >= 0.6 is 0 Å². The van der Waals surface area contributed by atoms with Crippen LogP contribution in [-0.2, 0) is 28.6 Å². The quantitative estimate of drug-likeness (QED) is 0.0346. The Morgan fingerprint density at radius 1 is 0.328 bits per heavy atom. The Morgan fingerprint density at radius 3 is 0.845 bits per heavy atom. The van der Waals surface area contributed by atoms with E-state index in [0.29, 0.717) is 19.3 Å². The zero-order valence-corrected chi connectivity index (χ0v) is 39.7. The number of carbonyl (C=O) groups is 3. The predicted molar refractivity (Wildman–Crippen MR) is 247 cm³/mol. The molecule has 0 fully saturated rings. The van der Waals surface area contributed by atoms with Crippen molar-refractivity contribution >= 4 is 17.9 Å². The molecule has 0 saturated heterocycles. The van der Waals surface area contributed by atoms with E-state index in [-0.39, 0.29) is 31.1 Å². The number of hydrogen-bond donors (Lipinski definition) is 0. The van der Waals surface area contributed by atoms with Crippen molar-refractivity contribution in [2.75, 3.05) is 13.2 Å². The van der Waals surface area contributed by atoms with Crippen LogP contribution in [0.15, 0.2) is 0 Å². The highest BCUT2D eigenvalue weighted by molar-refractivity contribution is 5.71. The van der Waals surface area contributed by atoms with Crippen molar-refractivity contribution in [1.82, 2.24) is 0 Å². The molecule has 0 unspecified atom stereocenters. The molecule has 344 valence electrons. The molecular formula is C52H100O6. The van der Waals surface area contributed by atoms with Gasteiger partial charge in [-0.1, -0.05) is 247 Å². The van der Waals surface area contributed by atoms with E-state index in [1.54, 1.807) is 0 Å². The van der Waals surface area contributed by atoms with Gasteiger partial charge in [0.15, 0.2) is 6.10 Å². The Kier molecular flexibility index (Phi) is 43.7. The minimum absolute atomic E-state index is 0.0646. The summed E-state index contributed by atoms with van der Waals surface area (Å²) in [5.41, 5.74) is 0. The van der Waals surface area contributed by atoms with Crippen LogP contribution < -0.4 is 0 Å². The van der Waals surface area contributed by atoms with Crippen molar-refractivity contribution in [3.05, 3.63) is 0 Å².